The van der Waals surface area contributed by atoms with Crippen molar-refractivity contribution >= 4 is 9.84 Å². The van der Waals surface area contributed by atoms with E-state index in [2.05, 4.69) is 6.92 Å². The first-order chi connectivity index (χ1) is 12.3. The summed E-state index contributed by atoms with van der Waals surface area (Å²) in [7, 11) is -2.86. The Kier molecular flexibility index (Phi) is 15.9. The van der Waals surface area contributed by atoms with Crippen molar-refractivity contribution in [3.05, 3.63) is 0 Å². The van der Waals surface area contributed by atoms with E-state index >= 15 is 0 Å². The van der Waals surface area contributed by atoms with Crippen LogP contribution in [0.1, 0.15) is 130 Å². The van der Waals surface area contributed by atoms with Gasteiger partial charge in [0.25, 0.3) is 0 Å². The first-order valence-electron chi connectivity index (χ1n) is 11.5. The van der Waals surface area contributed by atoms with Crippen LogP contribution in [-0.2, 0) is 9.84 Å². The van der Waals surface area contributed by atoms with Gasteiger partial charge in [0.15, 0.2) is 9.84 Å². The summed E-state index contributed by atoms with van der Waals surface area (Å²) in [6.45, 7) is 8.27. The molecule has 0 rings (SSSR count). The Hall–Kier alpha value is -0.0500. The van der Waals surface area contributed by atoms with E-state index in [1.165, 1.54) is 89.9 Å². The molecule has 26 heavy (non-hydrogen) atoms. The molecule has 0 aromatic heterocycles. The molecule has 0 heterocycles. The van der Waals surface area contributed by atoms with Gasteiger partial charge in [-0.25, -0.2) is 8.42 Å². The molecule has 0 saturated heterocycles. The van der Waals surface area contributed by atoms with Crippen LogP contribution in [0.4, 0.5) is 0 Å². The summed E-state index contributed by atoms with van der Waals surface area (Å²) >= 11 is 0. The molecule has 2 nitrogen and oxygen atoms in total. The Morgan fingerprint density at radius 2 is 0.846 bits per heavy atom. The maximum absolute atomic E-state index is 12.0. The lowest BCUT2D eigenvalue weighted by Crippen LogP contribution is -2.22. The summed E-state index contributed by atoms with van der Waals surface area (Å²) in [4.78, 5) is 0. The number of sulfone groups is 1. The van der Waals surface area contributed by atoms with E-state index in [0.717, 1.165) is 12.8 Å². The summed E-state index contributed by atoms with van der Waals surface area (Å²) in [6, 6.07) is 0. The number of hydrogen-bond donors (Lipinski definition) is 0. The molecule has 0 amide bonds. The molecule has 0 atom stereocenters. The predicted molar refractivity (Wildman–Crippen MR) is 118 cm³/mol. The van der Waals surface area contributed by atoms with Crippen LogP contribution < -0.4 is 0 Å². The highest BCUT2D eigenvalue weighted by molar-refractivity contribution is 7.91. The summed E-state index contributed by atoms with van der Waals surface area (Å²) in [5.74, 6) is 0.696. The lowest BCUT2D eigenvalue weighted by molar-refractivity contribution is 0.461. The molecule has 0 aliphatic carbocycles. The summed E-state index contributed by atoms with van der Waals surface area (Å²) in [5.41, 5.74) is -0.117. The highest BCUT2D eigenvalue weighted by Crippen LogP contribution is 2.18. The van der Waals surface area contributed by atoms with Gasteiger partial charge >= 0.3 is 0 Å². The first-order valence-corrected chi connectivity index (χ1v) is 13.3. The Morgan fingerprint density at radius 1 is 0.538 bits per heavy atom. The van der Waals surface area contributed by atoms with Crippen LogP contribution in [0.3, 0.4) is 0 Å². The topological polar surface area (TPSA) is 34.1 Å². The normalized spacial score (nSPS) is 12.6. The Morgan fingerprint density at radius 3 is 1.15 bits per heavy atom. The average molecular weight is 389 g/mol. The smallest absolute Gasteiger partial charge is 0.150 e. The molecule has 0 N–H and O–H groups in total. The fourth-order valence-electron chi connectivity index (χ4n) is 3.60. The molecule has 0 fully saturated rings. The number of hydrogen-bond acceptors (Lipinski definition) is 2. The quantitative estimate of drug-likeness (QED) is 0.225. The van der Waals surface area contributed by atoms with Gasteiger partial charge < -0.3 is 0 Å². The molecule has 0 unspecified atom stereocenters. The van der Waals surface area contributed by atoms with Gasteiger partial charge in [0.2, 0.25) is 0 Å². The van der Waals surface area contributed by atoms with Crippen LogP contribution in [0.15, 0.2) is 0 Å². The van der Waals surface area contributed by atoms with Crippen LogP contribution in [0.2, 0.25) is 0 Å². The third-order valence-electron chi connectivity index (χ3n) is 4.96. The first kappa shape index (κ1) is 26.0. The van der Waals surface area contributed by atoms with Crippen LogP contribution in [0.5, 0.6) is 0 Å². The Bertz CT molecular complexity index is 393. The van der Waals surface area contributed by atoms with E-state index in [9.17, 15) is 8.42 Å². The van der Waals surface area contributed by atoms with Crippen LogP contribution in [-0.4, -0.2) is 19.9 Å². The highest BCUT2D eigenvalue weighted by Gasteiger charge is 2.20. The maximum atomic E-state index is 12.0. The molecule has 0 aliphatic rings. The van der Waals surface area contributed by atoms with E-state index in [-0.39, 0.29) is 5.41 Å². The standard InChI is InChI=1S/C23H48O2S/c1-5-6-7-8-9-10-11-12-13-14-15-16-17-18-19-20-21-26(24,25)22-23(2,3)4/h5-22H2,1-4H3. The monoisotopic (exact) mass is 388 g/mol. The van der Waals surface area contributed by atoms with Gasteiger partial charge in [-0.1, -0.05) is 124 Å². The van der Waals surface area contributed by atoms with Crippen molar-refractivity contribution < 1.29 is 8.42 Å². The number of rotatable bonds is 18. The Balaban J connectivity index is 3.27. The fourth-order valence-corrected chi connectivity index (χ4v) is 5.71. The van der Waals surface area contributed by atoms with Gasteiger partial charge in [0.1, 0.15) is 0 Å². The minimum atomic E-state index is -2.86. The molecular weight excluding hydrogens is 340 g/mol. The minimum absolute atomic E-state index is 0.117. The molecule has 0 bridgehead atoms. The second kappa shape index (κ2) is 16.0. The molecule has 0 aromatic rings. The molecule has 3 heteroatoms. The molecule has 158 valence electrons. The maximum Gasteiger partial charge on any atom is 0.150 e. The molecule has 0 radical (unpaired) electrons. The molecule has 0 aromatic carbocycles. The van der Waals surface area contributed by atoms with Crippen molar-refractivity contribution in [2.45, 2.75) is 130 Å². The SMILES string of the molecule is CCCCCCCCCCCCCCCCCCS(=O)(=O)CC(C)(C)C. The summed E-state index contributed by atoms with van der Waals surface area (Å²) < 4.78 is 24.0. The van der Waals surface area contributed by atoms with Gasteiger partial charge in [-0.15, -0.1) is 0 Å². The van der Waals surface area contributed by atoms with Crippen LogP contribution in [0.25, 0.3) is 0 Å². The van der Waals surface area contributed by atoms with Gasteiger partial charge in [0.05, 0.1) is 11.5 Å². The van der Waals surface area contributed by atoms with Crippen LogP contribution >= 0.6 is 0 Å². The van der Waals surface area contributed by atoms with Crippen molar-refractivity contribution in [2.75, 3.05) is 11.5 Å². The van der Waals surface area contributed by atoms with Gasteiger partial charge in [-0.2, -0.15) is 0 Å². The van der Waals surface area contributed by atoms with E-state index in [1.807, 2.05) is 20.8 Å². The average Bonchev–Trinajstić information content (AvgIpc) is 2.52. The molecule has 0 aliphatic heterocycles. The Labute approximate surface area is 165 Å². The fraction of sp³-hybridized carbons (Fsp3) is 1.00. The lowest BCUT2D eigenvalue weighted by Gasteiger charge is -2.17. The third-order valence-corrected chi connectivity index (χ3v) is 7.18. The van der Waals surface area contributed by atoms with Crippen molar-refractivity contribution in [1.29, 1.82) is 0 Å². The third kappa shape index (κ3) is 20.3. The van der Waals surface area contributed by atoms with Crippen molar-refractivity contribution in [1.82, 2.24) is 0 Å². The minimum Gasteiger partial charge on any atom is -0.229 e. The second-order valence-corrected chi connectivity index (χ2v) is 11.6. The second-order valence-electron chi connectivity index (χ2n) is 9.46. The number of unbranched alkanes of at least 4 members (excludes halogenated alkanes) is 15. The highest BCUT2D eigenvalue weighted by atomic mass is 32.2. The molecular formula is C23H48O2S. The van der Waals surface area contributed by atoms with Crippen molar-refractivity contribution in [2.24, 2.45) is 5.41 Å². The zero-order valence-corrected chi connectivity index (χ0v) is 19.3. The van der Waals surface area contributed by atoms with Crippen LogP contribution in [0, 0.1) is 5.41 Å². The zero-order valence-electron chi connectivity index (χ0n) is 18.5. The molecule has 0 spiro atoms. The summed E-state index contributed by atoms with van der Waals surface area (Å²) in [6.07, 6.45) is 21.2. The largest absolute Gasteiger partial charge is 0.229 e. The lowest BCUT2D eigenvalue weighted by atomic mass is 10.0. The van der Waals surface area contributed by atoms with E-state index in [1.54, 1.807) is 0 Å². The van der Waals surface area contributed by atoms with Gasteiger partial charge in [0, 0.05) is 0 Å². The van der Waals surface area contributed by atoms with E-state index in [0.29, 0.717) is 11.5 Å². The zero-order chi connectivity index (χ0) is 19.7. The van der Waals surface area contributed by atoms with E-state index in [4.69, 9.17) is 0 Å². The van der Waals surface area contributed by atoms with Gasteiger partial charge in [-0.3, -0.25) is 0 Å². The van der Waals surface area contributed by atoms with E-state index < -0.39 is 9.84 Å². The van der Waals surface area contributed by atoms with Crippen molar-refractivity contribution in [3.8, 4) is 0 Å². The molecule has 0 saturated carbocycles. The summed E-state index contributed by atoms with van der Waals surface area (Å²) in [5, 5.41) is 0. The van der Waals surface area contributed by atoms with Crippen molar-refractivity contribution in [3.63, 3.8) is 0 Å². The predicted octanol–water partition coefficient (Wildman–Crippen LogP) is 7.71. The van der Waals surface area contributed by atoms with Gasteiger partial charge in [-0.05, 0) is 11.8 Å².